The van der Waals surface area contributed by atoms with Gasteiger partial charge in [0.25, 0.3) is 5.91 Å². The second-order valence-electron chi connectivity index (χ2n) is 8.00. The lowest BCUT2D eigenvalue weighted by Gasteiger charge is -2.18. The van der Waals surface area contributed by atoms with Crippen LogP contribution in [0.3, 0.4) is 0 Å². The van der Waals surface area contributed by atoms with Gasteiger partial charge in [0.2, 0.25) is 10.0 Å². The van der Waals surface area contributed by atoms with Crippen LogP contribution in [-0.2, 0) is 10.0 Å². The van der Waals surface area contributed by atoms with E-state index in [9.17, 15) is 13.2 Å². The van der Waals surface area contributed by atoms with Gasteiger partial charge in [-0.05, 0) is 36.8 Å². The number of anilines is 1. The normalized spacial score (nSPS) is 11.5. The standard InChI is InChI=1S/C27H27N3O3S2/c1-4-30(5-2)35(32,33)23-17-15-22(16-18-23)26(31)29-27-28-24(20-13-11-19(3)12-14-20)25(34-27)21-9-7-6-8-10-21/h6-18H,4-5H2,1-3H3,(H,28,29,31). The fraction of sp³-hybridized carbons (Fsp3) is 0.185. The van der Waals surface area contributed by atoms with Crippen molar-refractivity contribution in [3.63, 3.8) is 0 Å². The molecule has 1 heterocycles. The topological polar surface area (TPSA) is 79.4 Å². The van der Waals surface area contributed by atoms with E-state index in [0.29, 0.717) is 23.8 Å². The molecule has 0 unspecified atom stereocenters. The third-order valence-electron chi connectivity index (χ3n) is 5.67. The molecular weight excluding hydrogens is 478 g/mol. The number of sulfonamides is 1. The molecule has 0 saturated heterocycles. The summed E-state index contributed by atoms with van der Waals surface area (Å²) in [4.78, 5) is 18.8. The molecule has 0 radical (unpaired) electrons. The van der Waals surface area contributed by atoms with E-state index >= 15 is 0 Å². The SMILES string of the molecule is CCN(CC)S(=O)(=O)c1ccc(C(=O)Nc2nc(-c3ccc(C)cc3)c(-c3ccccc3)s2)cc1. The van der Waals surface area contributed by atoms with Crippen LogP contribution in [0.25, 0.3) is 21.7 Å². The molecule has 0 bridgehead atoms. The predicted octanol–water partition coefficient (Wildman–Crippen LogP) is 6.07. The summed E-state index contributed by atoms with van der Waals surface area (Å²) in [6.45, 7) is 6.40. The van der Waals surface area contributed by atoms with Crippen LogP contribution in [0.4, 0.5) is 5.13 Å². The van der Waals surface area contributed by atoms with Gasteiger partial charge in [-0.25, -0.2) is 13.4 Å². The van der Waals surface area contributed by atoms with E-state index in [-0.39, 0.29) is 10.8 Å². The first-order valence-corrected chi connectivity index (χ1v) is 13.6. The lowest BCUT2D eigenvalue weighted by Crippen LogP contribution is -2.30. The van der Waals surface area contributed by atoms with Crippen LogP contribution in [0.1, 0.15) is 29.8 Å². The summed E-state index contributed by atoms with van der Waals surface area (Å²) in [5.74, 6) is -0.347. The number of rotatable bonds is 8. The third kappa shape index (κ3) is 5.35. The second-order valence-corrected chi connectivity index (χ2v) is 10.9. The highest BCUT2D eigenvalue weighted by molar-refractivity contribution is 7.89. The number of benzene rings is 3. The van der Waals surface area contributed by atoms with Gasteiger partial charge in [-0.2, -0.15) is 4.31 Å². The van der Waals surface area contributed by atoms with Crippen LogP contribution in [0.15, 0.2) is 83.8 Å². The highest BCUT2D eigenvalue weighted by atomic mass is 32.2. The van der Waals surface area contributed by atoms with Crippen LogP contribution in [-0.4, -0.2) is 36.7 Å². The first-order chi connectivity index (χ1) is 16.8. The van der Waals surface area contributed by atoms with Crippen molar-refractivity contribution in [2.75, 3.05) is 18.4 Å². The molecular formula is C27H27N3O3S2. The molecule has 8 heteroatoms. The Hall–Kier alpha value is -3.33. The van der Waals surface area contributed by atoms with E-state index in [4.69, 9.17) is 4.98 Å². The minimum atomic E-state index is -3.58. The molecule has 0 aliphatic carbocycles. The Bertz CT molecular complexity index is 1410. The van der Waals surface area contributed by atoms with E-state index in [0.717, 1.165) is 27.3 Å². The first kappa shape index (κ1) is 24.8. The summed E-state index contributed by atoms with van der Waals surface area (Å²) in [5, 5.41) is 3.36. The summed E-state index contributed by atoms with van der Waals surface area (Å²) in [6, 6.07) is 24.1. The van der Waals surface area contributed by atoms with Gasteiger partial charge in [0.1, 0.15) is 0 Å². The van der Waals surface area contributed by atoms with E-state index in [1.165, 1.54) is 39.9 Å². The van der Waals surface area contributed by atoms with Gasteiger partial charge in [-0.15, -0.1) is 0 Å². The average molecular weight is 506 g/mol. The Morgan fingerprint density at radius 3 is 2.11 bits per heavy atom. The summed E-state index contributed by atoms with van der Waals surface area (Å²) < 4.78 is 26.8. The molecule has 0 saturated carbocycles. The molecule has 0 fully saturated rings. The van der Waals surface area contributed by atoms with Crippen molar-refractivity contribution in [3.8, 4) is 21.7 Å². The van der Waals surface area contributed by atoms with Gasteiger partial charge in [-0.3, -0.25) is 10.1 Å². The molecule has 6 nitrogen and oxygen atoms in total. The fourth-order valence-electron chi connectivity index (χ4n) is 3.73. The molecule has 35 heavy (non-hydrogen) atoms. The number of hydrogen-bond donors (Lipinski definition) is 1. The highest BCUT2D eigenvalue weighted by Gasteiger charge is 2.22. The lowest BCUT2D eigenvalue weighted by atomic mass is 10.1. The van der Waals surface area contributed by atoms with Crippen LogP contribution >= 0.6 is 11.3 Å². The zero-order valence-corrected chi connectivity index (χ0v) is 21.5. The number of nitrogens with zero attached hydrogens (tertiary/aromatic N) is 2. The maximum absolute atomic E-state index is 13.0. The van der Waals surface area contributed by atoms with E-state index < -0.39 is 10.0 Å². The van der Waals surface area contributed by atoms with Crippen molar-refractivity contribution >= 4 is 32.4 Å². The Morgan fingerprint density at radius 1 is 0.886 bits per heavy atom. The Kier molecular flexibility index (Phi) is 7.45. The number of hydrogen-bond acceptors (Lipinski definition) is 5. The molecule has 1 N–H and O–H groups in total. The number of aromatic nitrogens is 1. The van der Waals surface area contributed by atoms with Crippen LogP contribution in [0, 0.1) is 6.92 Å². The molecule has 180 valence electrons. The van der Waals surface area contributed by atoms with Crippen molar-refractivity contribution in [1.82, 2.24) is 9.29 Å². The van der Waals surface area contributed by atoms with E-state index in [1.807, 2.05) is 61.5 Å². The molecule has 4 aromatic rings. The maximum atomic E-state index is 13.0. The van der Waals surface area contributed by atoms with Crippen molar-refractivity contribution in [2.24, 2.45) is 0 Å². The molecule has 3 aromatic carbocycles. The van der Waals surface area contributed by atoms with Gasteiger partial charge in [-0.1, -0.05) is 85.3 Å². The molecule has 4 rings (SSSR count). The van der Waals surface area contributed by atoms with E-state index in [2.05, 4.69) is 5.32 Å². The molecule has 0 aliphatic heterocycles. The highest BCUT2D eigenvalue weighted by Crippen LogP contribution is 2.39. The number of carbonyl (C=O) groups excluding carboxylic acids is 1. The van der Waals surface area contributed by atoms with Crippen molar-refractivity contribution < 1.29 is 13.2 Å². The first-order valence-electron chi connectivity index (χ1n) is 11.4. The Morgan fingerprint density at radius 2 is 1.51 bits per heavy atom. The van der Waals surface area contributed by atoms with Gasteiger partial charge >= 0.3 is 0 Å². The third-order valence-corrected chi connectivity index (χ3v) is 8.75. The van der Waals surface area contributed by atoms with Crippen molar-refractivity contribution in [2.45, 2.75) is 25.7 Å². The number of nitrogens with one attached hydrogen (secondary N) is 1. The summed E-state index contributed by atoms with van der Waals surface area (Å²) >= 11 is 1.41. The molecule has 1 amide bonds. The smallest absolute Gasteiger partial charge is 0.257 e. The zero-order chi connectivity index (χ0) is 25.0. The predicted molar refractivity (Wildman–Crippen MR) is 142 cm³/mol. The molecule has 1 aromatic heterocycles. The largest absolute Gasteiger partial charge is 0.298 e. The summed E-state index contributed by atoms with van der Waals surface area (Å²) in [6.07, 6.45) is 0. The van der Waals surface area contributed by atoms with Crippen LogP contribution in [0.5, 0.6) is 0 Å². The molecule has 0 aliphatic rings. The van der Waals surface area contributed by atoms with Gasteiger partial charge in [0.05, 0.1) is 15.5 Å². The summed E-state index contributed by atoms with van der Waals surface area (Å²) in [7, 11) is -3.58. The Balaban J connectivity index is 1.62. The number of carbonyl (C=O) groups is 1. The minimum Gasteiger partial charge on any atom is -0.298 e. The number of aryl methyl sites for hydroxylation is 1. The second kappa shape index (κ2) is 10.5. The van der Waals surface area contributed by atoms with Crippen LogP contribution < -0.4 is 5.32 Å². The van der Waals surface area contributed by atoms with Crippen molar-refractivity contribution in [1.29, 1.82) is 0 Å². The fourth-order valence-corrected chi connectivity index (χ4v) is 6.17. The van der Waals surface area contributed by atoms with Gasteiger partial charge < -0.3 is 0 Å². The number of amides is 1. The van der Waals surface area contributed by atoms with Crippen LogP contribution in [0.2, 0.25) is 0 Å². The zero-order valence-electron chi connectivity index (χ0n) is 19.9. The average Bonchev–Trinajstić information content (AvgIpc) is 3.29. The van der Waals surface area contributed by atoms with Gasteiger partial charge in [0, 0.05) is 24.2 Å². The minimum absolute atomic E-state index is 0.167. The summed E-state index contributed by atoms with van der Waals surface area (Å²) in [5.41, 5.74) is 4.31. The molecule has 0 spiro atoms. The quantitative estimate of drug-likeness (QED) is 0.315. The molecule has 0 atom stereocenters. The monoisotopic (exact) mass is 505 g/mol. The van der Waals surface area contributed by atoms with Crippen molar-refractivity contribution in [3.05, 3.63) is 90.0 Å². The lowest BCUT2D eigenvalue weighted by molar-refractivity contribution is 0.102. The van der Waals surface area contributed by atoms with Gasteiger partial charge in [0.15, 0.2) is 5.13 Å². The Labute approximate surface area is 210 Å². The number of thiazole rings is 1. The van der Waals surface area contributed by atoms with E-state index in [1.54, 1.807) is 13.8 Å². The maximum Gasteiger partial charge on any atom is 0.257 e.